The highest BCUT2D eigenvalue weighted by atomic mass is 33.1. The first kappa shape index (κ1) is 113. The predicted octanol–water partition coefficient (Wildman–Crippen LogP) is -8.53. The molecule has 3 aromatic rings. The Kier molecular flexibility index (Phi) is 50.5. The van der Waals surface area contributed by atoms with Crippen molar-refractivity contribution in [1.82, 2.24) is 57.2 Å². The number of amides is 7. The zero-order chi connectivity index (χ0) is 95.0. The highest BCUT2D eigenvalue weighted by Crippen LogP contribution is 2.26. The van der Waals surface area contributed by atoms with E-state index in [2.05, 4.69) is 62.5 Å². The molecule has 0 radical (unpaired) electrons. The lowest BCUT2D eigenvalue weighted by atomic mass is 9.89. The van der Waals surface area contributed by atoms with Crippen molar-refractivity contribution >= 4 is 133 Å². The van der Waals surface area contributed by atoms with E-state index in [4.69, 9.17) is 10.5 Å². The van der Waals surface area contributed by atoms with Gasteiger partial charge in [-0.1, -0.05) is 29.0 Å². The lowest BCUT2D eigenvalue weighted by molar-refractivity contribution is -0.152. The Hall–Kier alpha value is -10.2. The number of Topliss-reactive ketones (excluding diaryl/α,β-unsaturated/α-hetero) is 3. The summed E-state index contributed by atoms with van der Waals surface area (Å²) in [6.45, 7) is -1.21. The summed E-state index contributed by atoms with van der Waals surface area (Å²) in [5.74, 6) is -24.8. The maximum Gasteiger partial charge on any atom is 0.327 e. The third-order valence-corrected chi connectivity index (χ3v) is 21.6. The van der Waals surface area contributed by atoms with Crippen molar-refractivity contribution in [2.24, 2.45) is 23.2 Å². The second kappa shape index (κ2) is 56.9. The van der Waals surface area contributed by atoms with Crippen molar-refractivity contribution in [1.29, 1.82) is 0 Å². The number of carbonyl (C=O) groups is 15. The van der Waals surface area contributed by atoms with Crippen LogP contribution in [0, 0.1) is 23.2 Å². The number of esters is 1. The van der Waals surface area contributed by atoms with E-state index >= 15 is 0 Å². The number of aliphatic carboxylic acids is 4. The number of aromatic nitrogens is 4. The maximum atomic E-state index is 14.9. The predicted molar refractivity (Wildman–Crippen MR) is 443 cm³/mol. The summed E-state index contributed by atoms with van der Waals surface area (Å²) in [6.07, 6.45) is -37.0. The molecule has 127 heavy (non-hydrogen) atoms. The van der Waals surface area contributed by atoms with Gasteiger partial charge in [0.2, 0.25) is 41.4 Å². The van der Waals surface area contributed by atoms with E-state index in [1.165, 1.54) is 30.5 Å². The number of carboxylic acids is 4. The fourth-order valence-electron chi connectivity index (χ4n) is 11.6. The number of aromatic amines is 1. The molecule has 0 aliphatic rings. The molecule has 2 aromatic heterocycles. The number of nitrogens with zero attached hydrogens (tertiary/aromatic N) is 3. The molecule has 1 aromatic carbocycles. The molecule has 51 heteroatoms. The van der Waals surface area contributed by atoms with E-state index in [1.54, 1.807) is 20.8 Å². The van der Waals surface area contributed by atoms with Crippen LogP contribution in [0.1, 0.15) is 141 Å². The molecule has 7 amide bonds. The van der Waals surface area contributed by atoms with E-state index in [0.29, 0.717) is 5.69 Å². The van der Waals surface area contributed by atoms with Gasteiger partial charge in [0.15, 0.2) is 22.7 Å². The number of ether oxygens (including phenoxy) is 1. The molecular weight excluding hydrogens is 1740 g/mol. The Morgan fingerprint density at radius 3 is 1.28 bits per heavy atom. The molecule has 2 heterocycles. The summed E-state index contributed by atoms with van der Waals surface area (Å²) < 4.78 is 5.21. The van der Waals surface area contributed by atoms with Gasteiger partial charge >= 0.3 is 29.8 Å². The molecule has 0 saturated heterocycles. The monoisotopic (exact) mass is 1850 g/mol. The maximum absolute atomic E-state index is 14.9. The average Bonchev–Trinajstić information content (AvgIpc) is 0.808. The van der Waals surface area contributed by atoms with Crippen molar-refractivity contribution in [3.05, 3.63) is 52.1 Å². The topological polar surface area (TPSA) is 843 Å². The summed E-state index contributed by atoms with van der Waals surface area (Å²) in [5.41, 5.74) is 4.55. The number of nitrogens with one attached hydrogen (secondary N) is 9. The van der Waals surface area contributed by atoms with Crippen LogP contribution in [-0.2, 0) is 78.4 Å². The van der Waals surface area contributed by atoms with Crippen LogP contribution in [0.2, 0.25) is 0 Å². The average molecular weight is 1850 g/mol. The number of aliphatic hydroxyl groups excluding tert-OH is 15. The number of carbonyl (C=O) groups excluding carboxylic acids is 11. The van der Waals surface area contributed by atoms with Crippen LogP contribution in [0.3, 0.4) is 0 Å². The number of hydrogen-bond donors (Lipinski definition) is 29. The quantitative estimate of drug-likeness (QED) is 0.0142. The lowest BCUT2D eigenvalue weighted by Gasteiger charge is -2.26. The Balaban J connectivity index is 0.0000546. The number of H-pyrrole nitrogens is 1. The Morgan fingerprint density at radius 1 is 0.488 bits per heavy atom. The van der Waals surface area contributed by atoms with Gasteiger partial charge in [-0.25, -0.2) is 19.6 Å². The minimum Gasteiger partial charge on any atom is -0.481 e. The summed E-state index contributed by atoms with van der Waals surface area (Å²) >= 11 is 0. The minimum atomic E-state index is -2.23. The lowest BCUT2D eigenvalue weighted by Crippen LogP contribution is -2.50. The first-order chi connectivity index (χ1) is 59.1. The number of carboxylic acid groups (broad SMARTS) is 4. The molecule has 0 bridgehead atoms. The molecule has 0 fully saturated rings. The van der Waals surface area contributed by atoms with Gasteiger partial charge in [0.1, 0.15) is 79.4 Å². The van der Waals surface area contributed by atoms with Gasteiger partial charge in [0.05, 0.1) is 74.1 Å². The molecule has 714 valence electrons. The molecular formula is C76H117N13O36S2. The molecule has 0 saturated carbocycles. The number of rotatable bonds is 63. The normalized spacial score (nSPS) is 16.0. The SMILES string of the molecule is C.CC(C)(C)C(=O)OCCSSC[C@@H](NC(=O)[C@H](CCC(=O)NC[C@H](O)[C@@H](O)[C@H](O)[C@H](O)CO)CC(=O)[C@@H](CCC(=O)O)NC(=O)[C@H](CCC(=O)NC[C@H](O)[C@@H](O)[C@H](O)[C@H](O)CO)CC(=O)[C@@H](CCC(=O)O)NC(=O)[C@H](CCC(=O)NC[C@H](O)[C@@H](O)[C@H](O)[C@H](O)CO)CC(=O)CC[C@H](NC(=O)c1ccc(NCc2cnc3nc(N)[nH]c(=O)c3n2)cc1)C(=O)O)C(=O)O. The molecule has 3 rings (SSSR count). The van der Waals surface area contributed by atoms with Crippen LogP contribution in [-0.4, -0.2) is 360 Å². The van der Waals surface area contributed by atoms with Crippen molar-refractivity contribution in [3.63, 3.8) is 0 Å². The zero-order valence-electron chi connectivity index (χ0n) is 68.7. The van der Waals surface area contributed by atoms with Crippen LogP contribution in [0.15, 0.2) is 35.3 Å². The smallest absolute Gasteiger partial charge is 0.327 e. The minimum absolute atomic E-state index is 0. The van der Waals surface area contributed by atoms with Crippen LogP contribution >= 0.6 is 21.6 Å². The van der Waals surface area contributed by atoms with Crippen LogP contribution in [0.5, 0.6) is 0 Å². The van der Waals surface area contributed by atoms with E-state index in [1.807, 2.05) is 0 Å². The first-order valence-electron chi connectivity index (χ1n) is 39.4. The number of anilines is 2. The van der Waals surface area contributed by atoms with Crippen molar-refractivity contribution in [2.75, 3.05) is 68.6 Å². The zero-order valence-corrected chi connectivity index (χ0v) is 70.3. The Bertz CT molecular complexity index is 4190. The number of benzene rings is 1. The van der Waals surface area contributed by atoms with Gasteiger partial charge < -0.3 is 150 Å². The van der Waals surface area contributed by atoms with E-state index in [0.717, 1.165) is 21.6 Å². The van der Waals surface area contributed by atoms with Crippen LogP contribution in [0.4, 0.5) is 11.6 Å². The van der Waals surface area contributed by atoms with Crippen molar-refractivity contribution in [2.45, 2.75) is 228 Å². The fourth-order valence-corrected chi connectivity index (χ4v) is 13.6. The first-order valence-corrected chi connectivity index (χ1v) is 41.9. The molecule has 0 unspecified atom stereocenters. The second-order valence-electron chi connectivity index (χ2n) is 30.3. The molecule has 0 spiro atoms. The van der Waals surface area contributed by atoms with Gasteiger partial charge in [-0.3, -0.25) is 72.1 Å². The summed E-state index contributed by atoms with van der Waals surface area (Å²) in [5, 5.41) is 209. The summed E-state index contributed by atoms with van der Waals surface area (Å²) in [4.78, 5) is 230. The summed E-state index contributed by atoms with van der Waals surface area (Å²) in [7, 11) is 1.91. The largest absolute Gasteiger partial charge is 0.481 e. The van der Waals surface area contributed by atoms with Crippen molar-refractivity contribution in [3.8, 4) is 0 Å². The highest BCUT2D eigenvalue weighted by molar-refractivity contribution is 8.76. The number of aliphatic hydroxyl groups is 15. The number of nitrogen functional groups attached to an aromatic ring is 1. The molecule has 49 nitrogen and oxygen atoms in total. The number of fused-ring (bicyclic) bond motifs is 1. The molecule has 0 aliphatic heterocycles. The summed E-state index contributed by atoms with van der Waals surface area (Å²) in [6, 6.07) is -2.28. The number of nitrogens with two attached hydrogens (primary N) is 1. The highest BCUT2D eigenvalue weighted by Gasteiger charge is 2.39. The molecule has 19 atom stereocenters. The Labute approximate surface area is 733 Å². The third kappa shape index (κ3) is 40.8. The van der Waals surface area contributed by atoms with E-state index in [9.17, 15) is 174 Å². The number of hydrogen-bond acceptors (Lipinski definition) is 39. The van der Waals surface area contributed by atoms with Crippen LogP contribution in [0.25, 0.3) is 11.2 Å². The van der Waals surface area contributed by atoms with Gasteiger partial charge in [-0.2, -0.15) is 4.98 Å². The fraction of sp³-hybridized carbons (Fsp3) is 0.645. The van der Waals surface area contributed by atoms with Crippen molar-refractivity contribution < 1.29 is 174 Å². The second-order valence-corrected chi connectivity index (χ2v) is 32.9. The Morgan fingerprint density at radius 2 is 0.882 bits per heavy atom. The standard InChI is InChI=1S/C75H113N13O36S2.CH4/c1-75(2,3)73(123)124-20-21-125-126-33-44(72(121)122)86-69(117)37(8-17-55(103)80-29-49(97)61(110)64(113)52(100)32-91)24-46(94)42(14-19-57(106)107)84-68(116)36(7-16-54(102)79-28-48(96)60(109)63(112)51(99)31-90)23-45(93)41(13-18-56(104)105)83-67(115)35(6-15-53(101)78-27-47(95)59(108)62(111)50(98)30-89)22-40(92)11-12-43(71(119)120)85-66(114)34-4-9-38(10-5-34)77-25-39-26-81-65-58(82-39)70(118)88-74(76)87-65;/h4-5,9-10,26,35-37,41-44,47-52,59-64,77,89-91,95-100,108-113H,6-8,11-25,27-33H2,1-3H3,(H,78,101)(H,79,102)(H,80,103)(H,83,115)(H,84,116)(H,85,114)(H,86,117)(H,104,105)(H,106,107)(H,119,120)(H,121,122)(H3,76,81,87,88,118);1H4/t35-,36-,37-,41-,42-,43+,44-,47+,48+,49+,50-,51-,52-,59-,60-,61-,62-,63-,64-;/m1./s1. The van der Waals surface area contributed by atoms with Gasteiger partial charge in [0, 0.05) is 118 Å². The van der Waals surface area contributed by atoms with E-state index in [-0.39, 0.29) is 54.7 Å². The van der Waals surface area contributed by atoms with Gasteiger partial charge in [-0.15, -0.1) is 0 Å². The molecule has 0 aliphatic carbocycles. The van der Waals surface area contributed by atoms with Gasteiger partial charge in [0.25, 0.3) is 11.5 Å². The third-order valence-electron chi connectivity index (χ3n) is 19.2. The van der Waals surface area contributed by atoms with Gasteiger partial charge in [-0.05, 0) is 83.6 Å². The number of ketones is 3. The van der Waals surface area contributed by atoms with Crippen LogP contribution < -0.4 is 53.8 Å². The van der Waals surface area contributed by atoms with E-state index < -0.39 is 356 Å². The molecule has 30 N–H and O–H groups in total.